The zero-order chi connectivity index (χ0) is 18.2. The zero-order valence-electron chi connectivity index (χ0n) is 15.2. The molecule has 1 amide bonds. The molecule has 142 valence electrons. The van der Waals surface area contributed by atoms with Crippen molar-refractivity contribution in [2.75, 3.05) is 39.4 Å². The first-order chi connectivity index (χ1) is 13.3. The van der Waals surface area contributed by atoms with E-state index >= 15 is 0 Å². The molecule has 0 aliphatic carbocycles. The van der Waals surface area contributed by atoms with Crippen LogP contribution < -0.4 is 5.32 Å². The van der Waals surface area contributed by atoms with Gasteiger partial charge in [-0.2, -0.15) is 5.10 Å². The third-order valence-electron chi connectivity index (χ3n) is 5.51. The maximum absolute atomic E-state index is 13.2. The van der Waals surface area contributed by atoms with Crippen LogP contribution in [-0.2, 0) is 10.5 Å². The molecule has 0 saturated carbocycles. The second kappa shape index (κ2) is 7.26. The van der Waals surface area contributed by atoms with Crippen molar-refractivity contribution in [1.29, 1.82) is 0 Å². The van der Waals surface area contributed by atoms with Crippen LogP contribution in [0.25, 0.3) is 11.3 Å². The highest BCUT2D eigenvalue weighted by molar-refractivity contribution is 7.98. The fraction of sp³-hybridized carbons (Fsp3) is 0.526. The molecule has 0 spiro atoms. The highest BCUT2D eigenvalue weighted by atomic mass is 32.2. The first-order valence-corrected chi connectivity index (χ1v) is 10.6. The van der Waals surface area contributed by atoms with Crippen molar-refractivity contribution in [3.63, 3.8) is 0 Å². The summed E-state index contributed by atoms with van der Waals surface area (Å²) in [6.07, 6.45) is 4.04. The van der Waals surface area contributed by atoms with E-state index in [1.54, 1.807) is 11.8 Å². The van der Waals surface area contributed by atoms with E-state index in [1.165, 1.54) is 0 Å². The van der Waals surface area contributed by atoms with E-state index in [-0.39, 0.29) is 11.9 Å². The highest BCUT2D eigenvalue weighted by Gasteiger charge is 2.34. The molecule has 3 aliphatic rings. The van der Waals surface area contributed by atoms with E-state index in [2.05, 4.69) is 21.0 Å². The summed E-state index contributed by atoms with van der Waals surface area (Å²) in [6, 6.07) is 4.34. The molecule has 2 fully saturated rings. The number of ether oxygens (including phenoxy) is 1. The Bertz CT molecular complexity index is 856. The van der Waals surface area contributed by atoms with Gasteiger partial charge in [0.2, 0.25) is 0 Å². The number of pyridine rings is 1. The predicted octanol–water partition coefficient (Wildman–Crippen LogP) is 1.95. The highest BCUT2D eigenvalue weighted by Crippen LogP contribution is 2.43. The molecule has 0 radical (unpaired) electrons. The molecular weight excluding hydrogens is 362 g/mol. The van der Waals surface area contributed by atoms with E-state index in [0.717, 1.165) is 53.5 Å². The predicted molar refractivity (Wildman–Crippen MR) is 103 cm³/mol. The Morgan fingerprint density at radius 2 is 2.22 bits per heavy atom. The van der Waals surface area contributed by atoms with Gasteiger partial charge < -0.3 is 15.0 Å². The number of rotatable bonds is 2. The number of fused-ring (bicyclic) bond motifs is 3. The number of hydrogen-bond acceptors (Lipinski definition) is 6. The van der Waals surface area contributed by atoms with Gasteiger partial charge >= 0.3 is 0 Å². The molecule has 27 heavy (non-hydrogen) atoms. The summed E-state index contributed by atoms with van der Waals surface area (Å²) in [5.74, 6) is 0.773. The van der Waals surface area contributed by atoms with Gasteiger partial charge in [0, 0.05) is 42.7 Å². The van der Waals surface area contributed by atoms with Crippen LogP contribution in [0.3, 0.4) is 0 Å². The minimum absolute atomic E-state index is 0.0324. The molecule has 1 unspecified atom stereocenters. The van der Waals surface area contributed by atoms with Gasteiger partial charge in [0.15, 0.2) is 5.69 Å². The molecule has 0 aromatic carbocycles. The van der Waals surface area contributed by atoms with Crippen LogP contribution in [0, 0.1) is 0 Å². The molecule has 2 aromatic heterocycles. The Morgan fingerprint density at radius 3 is 3.04 bits per heavy atom. The normalized spacial score (nSPS) is 22.2. The van der Waals surface area contributed by atoms with Crippen LogP contribution in [0.1, 0.15) is 34.9 Å². The van der Waals surface area contributed by atoms with Gasteiger partial charge in [-0.05, 0) is 31.5 Å². The summed E-state index contributed by atoms with van der Waals surface area (Å²) in [7, 11) is 0. The Kier molecular flexibility index (Phi) is 4.63. The smallest absolute Gasteiger partial charge is 0.274 e. The van der Waals surface area contributed by atoms with Gasteiger partial charge in [0.25, 0.3) is 5.91 Å². The topological polar surface area (TPSA) is 72.3 Å². The number of hydrogen-bond donors (Lipinski definition) is 1. The standard InChI is InChI=1S/C19H23N5O2S/c25-19(23-7-9-26-10-8-23)16-15-12-27-18-14(4-2-6-21-18)17(15)24(22-16)13-3-1-5-20-11-13/h2,4,6,13,20H,1,3,5,7-12H2. The summed E-state index contributed by atoms with van der Waals surface area (Å²) < 4.78 is 7.51. The van der Waals surface area contributed by atoms with Gasteiger partial charge in [0.05, 0.1) is 24.9 Å². The molecule has 5 rings (SSSR count). The van der Waals surface area contributed by atoms with Crippen LogP contribution in [-0.4, -0.2) is 65.0 Å². The summed E-state index contributed by atoms with van der Waals surface area (Å²) in [5, 5.41) is 9.39. The monoisotopic (exact) mass is 385 g/mol. The average molecular weight is 385 g/mol. The third-order valence-corrected chi connectivity index (χ3v) is 6.54. The molecule has 2 saturated heterocycles. The number of amides is 1. The third kappa shape index (κ3) is 3.05. The van der Waals surface area contributed by atoms with Crippen molar-refractivity contribution in [3.05, 3.63) is 29.6 Å². The van der Waals surface area contributed by atoms with Crippen LogP contribution in [0.5, 0.6) is 0 Å². The average Bonchev–Trinajstić information content (AvgIpc) is 3.15. The summed E-state index contributed by atoms with van der Waals surface area (Å²) >= 11 is 1.69. The van der Waals surface area contributed by atoms with Crippen molar-refractivity contribution in [1.82, 2.24) is 25.0 Å². The van der Waals surface area contributed by atoms with E-state index < -0.39 is 0 Å². The maximum Gasteiger partial charge on any atom is 0.274 e. The number of morpholine rings is 1. The van der Waals surface area contributed by atoms with Gasteiger partial charge in [0.1, 0.15) is 5.03 Å². The molecule has 0 bridgehead atoms. The number of nitrogens with zero attached hydrogens (tertiary/aromatic N) is 4. The van der Waals surface area contributed by atoms with E-state index in [0.29, 0.717) is 32.0 Å². The van der Waals surface area contributed by atoms with Gasteiger partial charge in [-0.15, -0.1) is 11.8 Å². The lowest BCUT2D eigenvalue weighted by Gasteiger charge is -2.26. The van der Waals surface area contributed by atoms with E-state index in [4.69, 9.17) is 9.84 Å². The second-order valence-corrected chi connectivity index (χ2v) is 8.13. The Morgan fingerprint density at radius 1 is 1.33 bits per heavy atom. The largest absolute Gasteiger partial charge is 0.378 e. The second-order valence-electron chi connectivity index (χ2n) is 7.17. The van der Waals surface area contributed by atoms with Crippen LogP contribution in [0.15, 0.2) is 23.4 Å². The lowest BCUT2D eigenvalue weighted by atomic mass is 10.0. The van der Waals surface area contributed by atoms with E-state index in [1.807, 2.05) is 17.2 Å². The molecule has 8 heteroatoms. The Hall–Kier alpha value is -1.90. The minimum atomic E-state index is 0.0324. The number of aromatic nitrogens is 3. The molecule has 3 aliphatic heterocycles. The Balaban J connectivity index is 1.61. The quantitative estimate of drug-likeness (QED) is 0.852. The molecular formula is C19H23N5O2S. The lowest BCUT2D eigenvalue weighted by molar-refractivity contribution is 0.0297. The number of nitrogens with one attached hydrogen (secondary N) is 1. The first-order valence-electron chi connectivity index (χ1n) is 9.60. The zero-order valence-corrected chi connectivity index (χ0v) is 16.0. The van der Waals surface area contributed by atoms with Crippen LogP contribution in [0.2, 0.25) is 0 Å². The molecule has 7 nitrogen and oxygen atoms in total. The lowest BCUT2D eigenvalue weighted by Crippen LogP contribution is -2.41. The van der Waals surface area contributed by atoms with Gasteiger partial charge in [-0.1, -0.05) is 0 Å². The number of carbonyl (C=O) groups is 1. The SMILES string of the molecule is O=C(c1nn(C2CCCNC2)c2c1CSc1ncccc1-2)N1CCOCC1. The summed E-state index contributed by atoms with van der Waals surface area (Å²) in [5.41, 5.74) is 3.85. The van der Waals surface area contributed by atoms with Crippen molar-refractivity contribution in [3.8, 4) is 11.3 Å². The van der Waals surface area contributed by atoms with Gasteiger partial charge in [-0.25, -0.2) is 4.98 Å². The van der Waals surface area contributed by atoms with Crippen molar-refractivity contribution in [2.24, 2.45) is 0 Å². The fourth-order valence-corrected chi connectivity index (χ4v) is 5.12. The molecule has 5 heterocycles. The molecule has 1 N–H and O–H groups in total. The number of thioether (sulfide) groups is 1. The van der Waals surface area contributed by atoms with E-state index in [9.17, 15) is 4.79 Å². The van der Waals surface area contributed by atoms with Crippen LogP contribution >= 0.6 is 11.8 Å². The number of piperidine rings is 1. The van der Waals surface area contributed by atoms with Crippen molar-refractivity contribution < 1.29 is 9.53 Å². The Labute approximate surface area is 162 Å². The number of carbonyl (C=O) groups excluding carboxylic acids is 1. The molecule has 1 atom stereocenters. The van der Waals surface area contributed by atoms with Crippen LogP contribution in [0.4, 0.5) is 0 Å². The van der Waals surface area contributed by atoms with Crippen molar-refractivity contribution in [2.45, 2.75) is 29.7 Å². The summed E-state index contributed by atoms with van der Waals surface area (Å²) in [4.78, 5) is 19.7. The minimum Gasteiger partial charge on any atom is -0.378 e. The fourth-order valence-electron chi connectivity index (χ4n) is 4.11. The maximum atomic E-state index is 13.2. The first kappa shape index (κ1) is 17.2. The van der Waals surface area contributed by atoms with Crippen molar-refractivity contribution >= 4 is 17.7 Å². The molecule has 2 aromatic rings. The summed E-state index contributed by atoms with van der Waals surface area (Å²) in [6.45, 7) is 4.41. The van der Waals surface area contributed by atoms with Gasteiger partial charge in [-0.3, -0.25) is 9.48 Å².